The highest BCUT2D eigenvalue weighted by Gasteiger charge is 2.36. The molecule has 1 amide bonds. The minimum absolute atomic E-state index is 0.0763. The number of hydrogen-bond donors (Lipinski definition) is 2. The van der Waals surface area contributed by atoms with Crippen molar-refractivity contribution in [3.05, 3.63) is 23.8 Å². The first kappa shape index (κ1) is 14.2. The molecule has 2 saturated heterocycles. The predicted molar refractivity (Wildman–Crippen MR) is 82.5 cm³/mol. The van der Waals surface area contributed by atoms with E-state index >= 15 is 0 Å². The maximum Gasteiger partial charge on any atom is 0.253 e. The van der Waals surface area contributed by atoms with Gasteiger partial charge in [0.05, 0.1) is 12.7 Å². The van der Waals surface area contributed by atoms with Gasteiger partial charge in [0.2, 0.25) is 0 Å². The minimum Gasteiger partial charge on any atom is -0.497 e. The van der Waals surface area contributed by atoms with Gasteiger partial charge >= 0.3 is 0 Å². The van der Waals surface area contributed by atoms with Crippen molar-refractivity contribution in [1.29, 1.82) is 0 Å². The monoisotopic (exact) mass is 289 g/mol. The Labute approximate surface area is 125 Å². The average Bonchev–Trinajstić information content (AvgIpc) is 2.90. The maximum atomic E-state index is 12.4. The van der Waals surface area contributed by atoms with Crippen molar-refractivity contribution in [2.24, 2.45) is 0 Å². The van der Waals surface area contributed by atoms with Crippen molar-refractivity contribution in [2.75, 3.05) is 25.9 Å². The summed E-state index contributed by atoms with van der Waals surface area (Å²) in [6.45, 7) is 2.26. The fourth-order valence-corrected chi connectivity index (χ4v) is 3.54. The molecule has 2 heterocycles. The summed E-state index contributed by atoms with van der Waals surface area (Å²) in [6.07, 6.45) is 4.76. The number of piperidine rings is 1. The van der Waals surface area contributed by atoms with Crippen LogP contribution in [0.2, 0.25) is 0 Å². The van der Waals surface area contributed by atoms with Gasteiger partial charge in [0, 0.05) is 30.4 Å². The highest BCUT2D eigenvalue weighted by molar-refractivity contribution is 5.99. The van der Waals surface area contributed by atoms with Gasteiger partial charge in [0.25, 0.3) is 5.91 Å². The zero-order valence-corrected chi connectivity index (χ0v) is 12.5. The molecule has 2 aliphatic rings. The van der Waals surface area contributed by atoms with Gasteiger partial charge in [-0.15, -0.1) is 0 Å². The Morgan fingerprint density at radius 2 is 2.19 bits per heavy atom. The van der Waals surface area contributed by atoms with E-state index in [0.29, 0.717) is 23.0 Å². The van der Waals surface area contributed by atoms with Crippen molar-refractivity contribution in [2.45, 2.75) is 37.8 Å². The Kier molecular flexibility index (Phi) is 4.01. The van der Waals surface area contributed by atoms with Crippen LogP contribution in [0.3, 0.4) is 0 Å². The normalized spacial score (nSPS) is 25.4. The molecule has 2 unspecified atom stereocenters. The van der Waals surface area contributed by atoms with E-state index in [4.69, 9.17) is 10.5 Å². The average molecular weight is 289 g/mol. The third kappa shape index (κ3) is 2.83. The Morgan fingerprint density at radius 1 is 1.33 bits per heavy atom. The van der Waals surface area contributed by atoms with Gasteiger partial charge in [-0.1, -0.05) is 6.42 Å². The van der Waals surface area contributed by atoms with Crippen molar-refractivity contribution < 1.29 is 9.53 Å². The molecule has 21 heavy (non-hydrogen) atoms. The van der Waals surface area contributed by atoms with Crippen molar-refractivity contribution >= 4 is 11.6 Å². The smallest absolute Gasteiger partial charge is 0.253 e. The van der Waals surface area contributed by atoms with E-state index in [-0.39, 0.29) is 11.9 Å². The first-order valence-electron chi connectivity index (χ1n) is 7.67. The number of hydrogen-bond acceptors (Lipinski definition) is 4. The van der Waals surface area contributed by atoms with Gasteiger partial charge in [-0.2, -0.15) is 0 Å². The van der Waals surface area contributed by atoms with Crippen LogP contribution >= 0.6 is 0 Å². The topological polar surface area (TPSA) is 67.6 Å². The van der Waals surface area contributed by atoms with Gasteiger partial charge in [0.15, 0.2) is 0 Å². The molecule has 2 fully saturated rings. The summed E-state index contributed by atoms with van der Waals surface area (Å²) in [4.78, 5) is 15.0. The van der Waals surface area contributed by atoms with Crippen molar-refractivity contribution in [1.82, 2.24) is 10.2 Å². The van der Waals surface area contributed by atoms with Gasteiger partial charge < -0.3 is 15.8 Å². The van der Waals surface area contributed by atoms with Crippen LogP contribution in [0.25, 0.3) is 0 Å². The second kappa shape index (κ2) is 5.93. The summed E-state index contributed by atoms with van der Waals surface area (Å²) in [5.41, 5.74) is 6.95. The van der Waals surface area contributed by atoms with Crippen LogP contribution in [-0.2, 0) is 0 Å². The summed E-state index contributed by atoms with van der Waals surface area (Å²) >= 11 is 0. The van der Waals surface area contributed by atoms with Crippen LogP contribution < -0.4 is 15.8 Å². The number of fused-ring (bicyclic) bond motifs is 1. The maximum absolute atomic E-state index is 12.4. The SMILES string of the molecule is COc1ccc(C(=O)NC2CCN3CCCCC23)c(N)c1. The van der Waals surface area contributed by atoms with Crippen molar-refractivity contribution in [3.63, 3.8) is 0 Å². The first-order chi connectivity index (χ1) is 10.2. The number of amides is 1. The number of methoxy groups -OCH3 is 1. The number of rotatable bonds is 3. The highest BCUT2D eigenvalue weighted by atomic mass is 16.5. The number of nitrogen functional groups attached to an aromatic ring is 1. The quantitative estimate of drug-likeness (QED) is 0.830. The number of carbonyl (C=O) groups is 1. The summed E-state index contributed by atoms with van der Waals surface area (Å²) in [7, 11) is 1.59. The molecule has 114 valence electrons. The molecule has 1 aromatic carbocycles. The number of nitrogens with two attached hydrogens (primary N) is 1. The Morgan fingerprint density at radius 3 is 2.95 bits per heavy atom. The van der Waals surface area contributed by atoms with E-state index in [0.717, 1.165) is 13.0 Å². The van der Waals surface area contributed by atoms with Crippen LogP contribution in [0.4, 0.5) is 5.69 Å². The van der Waals surface area contributed by atoms with Gasteiger partial charge in [-0.25, -0.2) is 0 Å². The van der Waals surface area contributed by atoms with Gasteiger partial charge in [-0.3, -0.25) is 9.69 Å². The van der Waals surface area contributed by atoms with Crippen LogP contribution in [0.1, 0.15) is 36.0 Å². The van der Waals surface area contributed by atoms with E-state index in [1.54, 1.807) is 25.3 Å². The highest BCUT2D eigenvalue weighted by Crippen LogP contribution is 2.28. The van der Waals surface area contributed by atoms with E-state index < -0.39 is 0 Å². The zero-order chi connectivity index (χ0) is 14.8. The van der Waals surface area contributed by atoms with E-state index in [1.165, 1.54) is 25.8 Å². The molecule has 5 heteroatoms. The largest absolute Gasteiger partial charge is 0.497 e. The summed E-state index contributed by atoms with van der Waals surface area (Å²) < 4.78 is 5.12. The zero-order valence-electron chi connectivity index (χ0n) is 12.5. The lowest BCUT2D eigenvalue weighted by atomic mass is 9.98. The van der Waals surface area contributed by atoms with Crippen LogP contribution in [-0.4, -0.2) is 43.1 Å². The van der Waals surface area contributed by atoms with Crippen molar-refractivity contribution in [3.8, 4) is 5.75 Å². The third-order valence-electron chi connectivity index (χ3n) is 4.68. The number of nitrogens with one attached hydrogen (secondary N) is 1. The standard InChI is InChI=1S/C16H23N3O2/c1-21-11-5-6-12(13(17)10-11)16(20)18-14-7-9-19-8-3-2-4-15(14)19/h5-6,10,14-15H,2-4,7-9,17H2,1H3,(H,18,20). The minimum atomic E-state index is -0.0763. The lowest BCUT2D eigenvalue weighted by Crippen LogP contribution is -2.46. The van der Waals surface area contributed by atoms with E-state index in [1.807, 2.05) is 0 Å². The number of anilines is 1. The Balaban J connectivity index is 1.69. The molecule has 0 aromatic heterocycles. The van der Waals surface area contributed by atoms with Crippen LogP contribution in [0.15, 0.2) is 18.2 Å². The van der Waals surface area contributed by atoms with Gasteiger partial charge in [0.1, 0.15) is 5.75 Å². The fraction of sp³-hybridized carbons (Fsp3) is 0.562. The summed E-state index contributed by atoms with van der Waals surface area (Å²) in [5.74, 6) is 0.593. The Bertz CT molecular complexity index is 532. The van der Waals surface area contributed by atoms with Gasteiger partial charge in [-0.05, 0) is 37.9 Å². The van der Waals surface area contributed by atoms with E-state index in [2.05, 4.69) is 10.2 Å². The lowest BCUT2D eigenvalue weighted by Gasteiger charge is -2.32. The molecule has 5 nitrogen and oxygen atoms in total. The second-order valence-corrected chi connectivity index (χ2v) is 5.92. The summed E-state index contributed by atoms with van der Waals surface area (Å²) in [6, 6.07) is 5.95. The molecular formula is C16H23N3O2. The molecule has 3 rings (SSSR count). The number of benzene rings is 1. The van der Waals surface area contributed by atoms with E-state index in [9.17, 15) is 4.79 Å². The molecule has 0 radical (unpaired) electrons. The molecule has 0 bridgehead atoms. The third-order valence-corrected chi connectivity index (χ3v) is 4.68. The fourth-order valence-electron chi connectivity index (χ4n) is 3.54. The molecule has 0 spiro atoms. The molecular weight excluding hydrogens is 266 g/mol. The lowest BCUT2D eigenvalue weighted by molar-refractivity contribution is 0.0916. The number of nitrogens with zero attached hydrogens (tertiary/aromatic N) is 1. The molecule has 0 aliphatic carbocycles. The summed E-state index contributed by atoms with van der Waals surface area (Å²) in [5, 5.41) is 3.17. The first-order valence-corrected chi connectivity index (χ1v) is 7.67. The number of carbonyl (C=O) groups excluding carboxylic acids is 1. The van der Waals surface area contributed by atoms with Crippen LogP contribution in [0.5, 0.6) is 5.75 Å². The molecule has 2 aliphatic heterocycles. The predicted octanol–water partition coefficient (Wildman–Crippen LogP) is 1.63. The molecule has 1 aromatic rings. The molecule has 2 atom stereocenters. The second-order valence-electron chi connectivity index (χ2n) is 5.92. The number of ether oxygens (including phenoxy) is 1. The van der Waals surface area contributed by atoms with Crippen LogP contribution in [0, 0.1) is 0 Å². The molecule has 0 saturated carbocycles. The molecule has 3 N–H and O–H groups in total. The Hall–Kier alpha value is -1.75.